The first-order valence-electron chi connectivity index (χ1n) is 24.7. The summed E-state index contributed by atoms with van der Waals surface area (Å²) in [5.74, 6) is -0.993. The first kappa shape index (κ1) is 57.3. The van der Waals surface area contributed by atoms with Crippen molar-refractivity contribution in [1.29, 1.82) is 0 Å². The maximum atomic E-state index is 12.8. The lowest BCUT2D eigenvalue weighted by molar-refractivity contribution is -0.167. The van der Waals surface area contributed by atoms with E-state index in [0.717, 1.165) is 116 Å². The Kier molecular flexibility index (Phi) is 46.0. The average molecular weight is 847 g/mol. The fraction of sp³-hybridized carbons (Fsp3) is 0.655. The molecule has 1 unspecified atom stereocenters. The second-order valence-electron chi connectivity index (χ2n) is 16.0. The van der Waals surface area contributed by atoms with Crippen molar-refractivity contribution >= 4 is 17.9 Å². The van der Waals surface area contributed by atoms with Crippen LogP contribution in [0.4, 0.5) is 0 Å². The Morgan fingerprint density at radius 3 is 1.07 bits per heavy atom. The number of rotatable bonds is 43. The quantitative estimate of drug-likeness (QED) is 0.0263. The molecule has 0 radical (unpaired) electrons. The number of unbranched alkanes of at least 4 members (excludes halogenated alkanes) is 16. The van der Waals surface area contributed by atoms with Crippen LogP contribution in [0.25, 0.3) is 0 Å². The Morgan fingerprint density at radius 1 is 0.344 bits per heavy atom. The van der Waals surface area contributed by atoms with E-state index in [0.29, 0.717) is 19.3 Å². The molecule has 0 fully saturated rings. The van der Waals surface area contributed by atoms with Crippen molar-refractivity contribution in [3.63, 3.8) is 0 Å². The van der Waals surface area contributed by atoms with E-state index in [4.69, 9.17) is 14.2 Å². The highest BCUT2D eigenvalue weighted by Gasteiger charge is 2.19. The van der Waals surface area contributed by atoms with Crippen LogP contribution < -0.4 is 0 Å². The van der Waals surface area contributed by atoms with Crippen LogP contribution in [0.15, 0.2) is 97.2 Å². The largest absolute Gasteiger partial charge is 0.462 e. The van der Waals surface area contributed by atoms with Crippen molar-refractivity contribution in [1.82, 2.24) is 0 Å². The molecule has 0 spiro atoms. The summed E-state index contributed by atoms with van der Waals surface area (Å²) >= 11 is 0. The summed E-state index contributed by atoms with van der Waals surface area (Å²) in [4.78, 5) is 37.9. The minimum atomic E-state index is -0.809. The van der Waals surface area contributed by atoms with E-state index in [9.17, 15) is 14.4 Å². The van der Waals surface area contributed by atoms with Crippen LogP contribution in [0.1, 0.15) is 213 Å². The molecule has 0 N–H and O–H groups in total. The van der Waals surface area contributed by atoms with E-state index in [2.05, 4.69) is 118 Å². The van der Waals surface area contributed by atoms with Gasteiger partial charge in [0.25, 0.3) is 0 Å². The molecule has 61 heavy (non-hydrogen) atoms. The van der Waals surface area contributed by atoms with E-state index >= 15 is 0 Å². The molecule has 6 nitrogen and oxygen atoms in total. The normalized spacial score (nSPS) is 12.9. The maximum Gasteiger partial charge on any atom is 0.306 e. The second-order valence-corrected chi connectivity index (χ2v) is 16.0. The molecular formula is C55H90O6. The Bertz CT molecular complexity index is 1250. The minimum Gasteiger partial charge on any atom is -0.462 e. The zero-order valence-electron chi connectivity index (χ0n) is 39.4. The van der Waals surface area contributed by atoms with Crippen molar-refractivity contribution in [2.75, 3.05) is 13.2 Å². The summed E-state index contributed by atoms with van der Waals surface area (Å²) in [5, 5.41) is 0. The highest BCUT2D eigenvalue weighted by molar-refractivity contribution is 5.71. The molecule has 0 bridgehead atoms. The first-order chi connectivity index (χ1) is 30.0. The maximum absolute atomic E-state index is 12.8. The van der Waals surface area contributed by atoms with E-state index in [1.54, 1.807) is 0 Å². The van der Waals surface area contributed by atoms with Crippen LogP contribution in [-0.4, -0.2) is 37.2 Å². The number of allylic oxidation sites excluding steroid dienone is 16. The lowest BCUT2D eigenvalue weighted by atomic mass is 10.1. The summed E-state index contributed by atoms with van der Waals surface area (Å²) in [6.07, 6.45) is 63.9. The molecule has 6 heteroatoms. The van der Waals surface area contributed by atoms with Gasteiger partial charge in [0.15, 0.2) is 6.10 Å². The number of hydrogen-bond donors (Lipinski definition) is 0. The number of carbonyl (C=O) groups excluding carboxylic acids is 3. The summed E-state index contributed by atoms with van der Waals surface area (Å²) in [6.45, 7) is 6.31. The fourth-order valence-corrected chi connectivity index (χ4v) is 6.39. The SMILES string of the molecule is CC/C=C\C/C=C\CCCCCCCCCC(=O)OC(COC(=O)CCC/C=C\C/C=C\C/C=C\C/C=C\CCCCC)COC(=O)CCCCCCC/C=C\C/C=C\CC. The number of ether oxygens (including phenoxy) is 3. The summed E-state index contributed by atoms with van der Waals surface area (Å²) in [5.41, 5.74) is 0. The van der Waals surface area contributed by atoms with Crippen LogP contribution in [0, 0.1) is 0 Å². The van der Waals surface area contributed by atoms with Crippen molar-refractivity contribution in [3.8, 4) is 0 Å². The van der Waals surface area contributed by atoms with Crippen LogP contribution in [0.2, 0.25) is 0 Å². The molecule has 0 saturated carbocycles. The number of carbonyl (C=O) groups is 3. The van der Waals surface area contributed by atoms with E-state index in [1.165, 1.54) is 51.4 Å². The van der Waals surface area contributed by atoms with Gasteiger partial charge in [-0.3, -0.25) is 14.4 Å². The third-order valence-electron chi connectivity index (χ3n) is 10.1. The Labute approximate surface area is 375 Å². The lowest BCUT2D eigenvalue weighted by Gasteiger charge is -2.18. The Balaban J connectivity index is 4.50. The zero-order chi connectivity index (χ0) is 44.4. The first-order valence-corrected chi connectivity index (χ1v) is 24.7. The third kappa shape index (κ3) is 47.2. The third-order valence-corrected chi connectivity index (χ3v) is 10.1. The highest BCUT2D eigenvalue weighted by Crippen LogP contribution is 2.13. The van der Waals surface area contributed by atoms with Gasteiger partial charge < -0.3 is 14.2 Å². The smallest absolute Gasteiger partial charge is 0.306 e. The zero-order valence-corrected chi connectivity index (χ0v) is 39.4. The van der Waals surface area contributed by atoms with Crippen molar-refractivity contribution in [3.05, 3.63) is 97.2 Å². The van der Waals surface area contributed by atoms with Gasteiger partial charge in [-0.1, -0.05) is 182 Å². The molecule has 0 aromatic carbocycles. The van der Waals surface area contributed by atoms with E-state index in [-0.39, 0.29) is 37.5 Å². The molecule has 0 aliphatic carbocycles. The highest BCUT2D eigenvalue weighted by atomic mass is 16.6. The van der Waals surface area contributed by atoms with Gasteiger partial charge in [0.2, 0.25) is 0 Å². The van der Waals surface area contributed by atoms with Gasteiger partial charge in [-0.15, -0.1) is 0 Å². The Morgan fingerprint density at radius 2 is 0.656 bits per heavy atom. The van der Waals surface area contributed by atoms with Gasteiger partial charge in [-0.05, 0) is 109 Å². The van der Waals surface area contributed by atoms with Gasteiger partial charge in [0, 0.05) is 19.3 Å². The molecule has 1 atom stereocenters. The van der Waals surface area contributed by atoms with Gasteiger partial charge in [0.1, 0.15) is 13.2 Å². The molecule has 0 aromatic rings. The molecule has 0 amide bonds. The van der Waals surface area contributed by atoms with Crippen LogP contribution in [0.3, 0.4) is 0 Å². The van der Waals surface area contributed by atoms with Crippen molar-refractivity contribution in [2.24, 2.45) is 0 Å². The fourth-order valence-electron chi connectivity index (χ4n) is 6.39. The summed E-state index contributed by atoms with van der Waals surface area (Å²) in [7, 11) is 0. The lowest BCUT2D eigenvalue weighted by Crippen LogP contribution is -2.30. The molecule has 0 aliphatic rings. The molecule has 0 aromatic heterocycles. The van der Waals surface area contributed by atoms with Gasteiger partial charge in [-0.25, -0.2) is 0 Å². The summed E-state index contributed by atoms with van der Waals surface area (Å²) < 4.78 is 16.7. The molecular weight excluding hydrogens is 757 g/mol. The predicted molar refractivity (Wildman–Crippen MR) is 260 cm³/mol. The average Bonchev–Trinajstić information content (AvgIpc) is 3.26. The topological polar surface area (TPSA) is 78.9 Å². The van der Waals surface area contributed by atoms with Crippen LogP contribution in [0.5, 0.6) is 0 Å². The van der Waals surface area contributed by atoms with E-state index in [1.807, 2.05) is 0 Å². The molecule has 0 aliphatic heterocycles. The standard InChI is InChI=1S/C55H90O6/c1-4-7-10-13-16-19-22-25-27-28-29-31-33-36-39-42-45-48-54(57)60-51-52(50-59-53(56)47-44-41-38-35-32-24-21-18-15-12-9-6-3)61-55(58)49-46-43-40-37-34-30-26-23-20-17-14-11-8-5-2/h8-9,11-12,16-21,25,27,29,31,36,39,52H,4-7,10,13-15,22-24,26,28,30,32-35,37-38,40-51H2,1-3H3/b11-8-,12-9-,19-16-,20-17-,21-18-,27-25-,31-29-,39-36-. The molecule has 0 heterocycles. The van der Waals surface area contributed by atoms with Gasteiger partial charge in [0.05, 0.1) is 0 Å². The monoisotopic (exact) mass is 847 g/mol. The van der Waals surface area contributed by atoms with Crippen molar-refractivity contribution < 1.29 is 28.6 Å². The predicted octanol–water partition coefficient (Wildman–Crippen LogP) is 16.2. The van der Waals surface area contributed by atoms with E-state index < -0.39 is 6.10 Å². The van der Waals surface area contributed by atoms with Gasteiger partial charge in [-0.2, -0.15) is 0 Å². The molecule has 346 valence electrons. The van der Waals surface area contributed by atoms with Crippen LogP contribution >= 0.6 is 0 Å². The van der Waals surface area contributed by atoms with Crippen molar-refractivity contribution in [2.45, 2.75) is 219 Å². The Hall–Kier alpha value is -3.67. The number of hydrogen-bond acceptors (Lipinski definition) is 6. The van der Waals surface area contributed by atoms with Gasteiger partial charge >= 0.3 is 17.9 Å². The number of esters is 3. The van der Waals surface area contributed by atoms with Crippen LogP contribution in [-0.2, 0) is 28.6 Å². The second kappa shape index (κ2) is 49.0. The molecule has 0 saturated heterocycles. The summed E-state index contributed by atoms with van der Waals surface area (Å²) in [6, 6.07) is 0. The minimum absolute atomic E-state index is 0.107. The molecule has 0 rings (SSSR count).